The highest BCUT2D eigenvalue weighted by Gasteiger charge is 2.41. The second kappa shape index (κ2) is 22.9. The molecule has 0 aliphatic carbocycles. The number of halogens is 2. The maximum Gasteiger partial charge on any atom is 0.255 e. The predicted molar refractivity (Wildman–Crippen MR) is 279 cm³/mol. The number of ether oxygens (including phenoxy) is 1. The molecule has 19 heteroatoms. The Morgan fingerprint density at radius 1 is 0.868 bits per heavy atom. The monoisotopic (exact) mass is 1040 g/mol. The Bertz CT molecular complexity index is 3030. The van der Waals surface area contributed by atoms with E-state index in [1.54, 1.807) is 21.8 Å². The summed E-state index contributed by atoms with van der Waals surface area (Å²) in [6.07, 6.45) is 13.1. The van der Waals surface area contributed by atoms with Gasteiger partial charge in [0.2, 0.25) is 17.7 Å². The zero-order valence-corrected chi connectivity index (χ0v) is 43.1. The molecule has 76 heavy (non-hydrogen) atoms. The number of likely N-dealkylation sites (tertiary alicyclic amines) is 1. The molecule has 4 fully saturated rings. The number of anilines is 1. The molecule has 398 valence electrons. The summed E-state index contributed by atoms with van der Waals surface area (Å²) in [7, 11) is 0. The van der Waals surface area contributed by atoms with E-state index in [2.05, 4.69) is 42.6 Å². The highest BCUT2D eigenvalue weighted by Crippen LogP contribution is 2.36. The van der Waals surface area contributed by atoms with Crippen molar-refractivity contribution in [3.63, 3.8) is 0 Å². The van der Waals surface area contributed by atoms with Crippen LogP contribution in [-0.4, -0.2) is 147 Å². The second-order valence-electron chi connectivity index (χ2n) is 21.0. The van der Waals surface area contributed by atoms with Crippen LogP contribution in [0.5, 0.6) is 5.75 Å². The number of benzene rings is 2. The van der Waals surface area contributed by atoms with E-state index < -0.39 is 35.0 Å². The number of hydrogen-bond acceptors (Lipinski definition) is 12. The summed E-state index contributed by atoms with van der Waals surface area (Å²) >= 11 is 0. The molecule has 1 atom stereocenters. The molecule has 0 saturated carbocycles. The molecule has 10 rings (SSSR count). The molecule has 5 aromatic rings. The first-order valence-electron chi connectivity index (χ1n) is 26.9. The van der Waals surface area contributed by atoms with Crippen LogP contribution in [-0.2, 0) is 20.9 Å². The van der Waals surface area contributed by atoms with Crippen molar-refractivity contribution in [2.24, 2.45) is 0 Å². The Morgan fingerprint density at radius 3 is 2.39 bits per heavy atom. The average molecular weight is 1040 g/mol. The molecular formula is C57H65F2N11O6. The van der Waals surface area contributed by atoms with Crippen LogP contribution in [0.25, 0.3) is 16.6 Å². The van der Waals surface area contributed by atoms with E-state index >= 15 is 0 Å². The van der Waals surface area contributed by atoms with Gasteiger partial charge in [-0.05, 0) is 131 Å². The van der Waals surface area contributed by atoms with E-state index in [9.17, 15) is 38.0 Å². The minimum absolute atomic E-state index is 0.134. The average Bonchev–Trinajstić information content (AvgIpc) is 4.01. The molecule has 5 aliphatic rings. The van der Waals surface area contributed by atoms with Crippen LogP contribution in [0.2, 0.25) is 0 Å². The lowest BCUT2D eigenvalue weighted by Crippen LogP contribution is -2.62. The van der Waals surface area contributed by atoms with Crippen molar-refractivity contribution in [3.8, 4) is 22.9 Å². The molecule has 0 bridgehead atoms. The maximum absolute atomic E-state index is 14.9. The Labute approximate surface area is 441 Å². The van der Waals surface area contributed by atoms with Gasteiger partial charge in [-0.1, -0.05) is 25.0 Å². The van der Waals surface area contributed by atoms with Crippen LogP contribution in [0, 0.1) is 23.0 Å². The minimum atomic E-state index is -0.793. The van der Waals surface area contributed by atoms with Crippen LogP contribution in [0.15, 0.2) is 73.2 Å². The van der Waals surface area contributed by atoms with Crippen molar-refractivity contribution in [2.45, 2.75) is 102 Å². The highest BCUT2D eigenvalue weighted by molar-refractivity contribution is 6.05. The summed E-state index contributed by atoms with van der Waals surface area (Å²) in [4.78, 5) is 79.9. The van der Waals surface area contributed by atoms with Gasteiger partial charge in [-0.15, -0.1) is 0 Å². The summed E-state index contributed by atoms with van der Waals surface area (Å²) in [6.45, 7) is 9.69. The number of carbonyl (C=O) groups excluding carboxylic acids is 5. The van der Waals surface area contributed by atoms with Crippen molar-refractivity contribution >= 4 is 40.9 Å². The second-order valence-corrected chi connectivity index (χ2v) is 21.0. The van der Waals surface area contributed by atoms with E-state index in [0.717, 1.165) is 98.9 Å². The summed E-state index contributed by atoms with van der Waals surface area (Å²) in [6, 6.07) is 16.5. The van der Waals surface area contributed by atoms with Crippen molar-refractivity contribution in [1.82, 2.24) is 44.8 Å². The molecule has 3 aromatic heterocycles. The first-order chi connectivity index (χ1) is 36.9. The third-order valence-corrected chi connectivity index (χ3v) is 16.2. The van der Waals surface area contributed by atoms with Gasteiger partial charge in [-0.25, -0.2) is 18.3 Å². The van der Waals surface area contributed by atoms with E-state index in [1.165, 1.54) is 11.8 Å². The molecule has 0 spiro atoms. The van der Waals surface area contributed by atoms with Crippen molar-refractivity contribution in [3.05, 3.63) is 113 Å². The number of piperidine rings is 3. The third kappa shape index (κ3) is 11.4. The molecule has 17 nitrogen and oxygen atoms in total. The lowest BCUT2D eigenvalue weighted by molar-refractivity contribution is -0.137. The standard InChI is InChI=1S/C57H65F2N11O6/c1-2-76-44-31-45(53-42(32-60)34-62-70(53)36-44)40-10-14-50(61-33-40)67-23-18-57(19-24-67,64-54(73)47-30-43(58)11-12-48(47)59)37-66-25-27-68(28-26-66)52(72)7-5-3-4-6-20-65-21-16-38(17-22-65)39-8-9-41-35-69(56(75)46(41)29-39)49-13-15-51(71)63-55(49)74/h8-12,14,29-31,33-34,36,38,49H,2-7,13,15-28,35,37H2,1H3,(H,64,73)(H,63,71,74). The van der Waals surface area contributed by atoms with Crippen molar-refractivity contribution in [2.75, 3.05) is 77.0 Å². The van der Waals surface area contributed by atoms with Gasteiger partial charge in [0, 0.05) is 88.1 Å². The molecule has 8 heterocycles. The number of nitriles is 1. The molecule has 5 amide bonds. The van der Waals surface area contributed by atoms with E-state index in [4.69, 9.17) is 9.72 Å². The summed E-state index contributed by atoms with van der Waals surface area (Å²) in [5.41, 5.74) is 4.32. The van der Waals surface area contributed by atoms with Crippen LogP contribution in [0.4, 0.5) is 14.6 Å². The normalized spacial score (nSPS) is 19.4. The molecule has 1 unspecified atom stereocenters. The fraction of sp³-hybridized carbons (Fsp3) is 0.474. The first-order valence-corrected chi connectivity index (χ1v) is 26.9. The number of fused-ring (bicyclic) bond motifs is 2. The van der Waals surface area contributed by atoms with Crippen LogP contribution >= 0.6 is 0 Å². The van der Waals surface area contributed by atoms with Gasteiger partial charge in [-0.2, -0.15) is 10.4 Å². The largest absolute Gasteiger partial charge is 0.492 e. The summed E-state index contributed by atoms with van der Waals surface area (Å²) < 4.78 is 36.6. The highest BCUT2D eigenvalue weighted by atomic mass is 19.1. The molecule has 5 aliphatic heterocycles. The number of carbonyl (C=O) groups is 5. The van der Waals surface area contributed by atoms with Crippen LogP contribution < -0.4 is 20.3 Å². The molecular weight excluding hydrogens is 973 g/mol. The number of imide groups is 1. The van der Waals surface area contributed by atoms with Gasteiger partial charge in [0.05, 0.1) is 41.2 Å². The Morgan fingerprint density at radius 2 is 1.66 bits per heavy atom. The predicted octanol–water partition coefficient (Wildman–Crippen LogP) is 6.45. The fourth-order valence-corrected chi connectivity index (χ4v) is 11.9. The maximum atomic E-state index is 14.9. The SMILES string of the molecule is CCOc1cc(-c2ccc(N3CCC(CN4CCN(C(=O)CCCCCCN5CCC(c6ccc7c(c6)C(=O)N(C6CCC(=O)NC6=O)C7)CC5)CC4)(NC(=O)c4cc(F)ccc4F)CC3)nc2)c2c(C#N)cnn2c1. The molecule has 0 radical (unpaired) electrons. The van der Waals surface area contributed by atoms with Crippen molar-refractivity contribution < 1.29 is 37.5 Å². The number of piperazine rings is 1. The number of rotatable bonds is 17. The van der Waals surface area contributed by atoms with Gasteiger partial charge >= 0.3 is 0 Å². The van der Waals surface area contributed by atoms with Crippen LogP contribution in [0.3, 0.4) is 0 Å². The fourth-order valence-electron chi connectivity index (χ4n) is 11.9. The number of nitrogens with zero attached hydrogens (tertiary/aromatic N) is 9. The van der Waals surface area contributed by atoms with Crippen molar-refractivity contribution in [1.29, 1.82) is 5.26 Å². The zero-order chi connectivity index (χ0) is 52.9. The van der Waals surface area contributed by atoms with Gasteiger partial charge in [0.25, 0.3) is 11.8 Å². The Hall–Kier alpha value is -7.30. The minimum Gasteiger partial charge on any atom is -0.492 e. The van der Waals surface area contributed by atoms with Crippen LogP contribution in [0.1, 0.15) is 121 Å². The molecule has 4 saturated heterocycles. The van der Waals surface area contributed by atoms with E-state index in [-0.39, 0.29) is 29.7 Å². The Kier molecular flexibility index (Phi) is 15.7. The van der Waals surface area contributed by atoms with Gasteiger partial charge in [0.1, 0.15) is 35.3 Å². The van der Waals surface area contributed by atoms with Gasteiger partial charge in [-0.3, -0.25) is 34.2 Å². The smallest absolute Gasteiger partial charge is 0.255 e. The lowest BCUT2D eigenvalue weighted by Gasteiger charge is -2.46. The number of nitrogens with one attached hydrogen (secondary N) is 2. The van der Waals surface area contributed by atoms with Gasteiger partial charge < -0.3 is 29.7 Å². The third-order valence-electron chi connectivity index (χ3n) is 16.2. The zero-order valence-electron chi connectivity index (χ0n) is 43.1. The number of hydrogen-bond donors (Lipinski definition) is 2. The molecule has 2 aromatic carbocycles. The quantitative estimate of drug-likeness (QED) is 0.0767. The number of unbranched alkanes of at least 4 members (excludes halogenated alkanes) is 3. The lowest BCUT2D eigenvalue weighted by atomic mass is 9.86. The number of amides is 5. The molecule has 2 N–H and O–H groups in total. The van der Waals surface area contributed by atoms with E-state index in [0.29, 0.717) is 113 Å². The number of pyridine rings is 2. The van der Waals surface area contributed by atoms with E-state index in [1.807, 2.05) is 42.2 Å². The first kappa shape index (κ1) is 52.2. The summed E-state index contributed by atoms with van der Waals surface area (Å²) in [5, 5.41) is 19.7. The topological polar surface area (TPSA) is 189 Å². The Balaban J connectivity index is 0.670. The van der Waals surface area contributed by atoms with Gasteiger partial charge in [0.15, 0.2) is 0 Å². The number of aromatic nitrogens is 3. The summed E-state index contributed by atoms with van der Waals surface area (Å²) in [5.74, 6) is -1.10.